The fraction of sp³-hybridized carbons (Fsp3) is 0.200. The molecule has 1 N–H and O–H groups in total. The summed E-state index contributed by atoms with van der Waals surface area (Å²) in [5, 5.41) is 8.73. The van der Waals surface area contributed by atoms with Crippen molar-refractivity contribution in [1.82, 2.24) is 0 Å². The Morgan fingerprint density at radius 3 is 2.40 bits per heavy atom. The highest BCUT2D eigenvalue weighted by atomic mass is 79.9. The van der Waals surface area contributed by atoms with Crippen LogP contribution in [0.1, 0.15) is 10.4 Å². The van der Waals surface area contributed by atoms with E-state index in [2.05, 4.69) is 15.9 Å². The van der Waals surface area contributed by atoms with E-state index in [1.165, 1.54) is 0 Å². The fourth-order valence-corrected chi connectivity index (χ4v) is 1.33. The van der Waals surface area contributed by atoms with E-state index in [0.29, 0.717) is 5.56 Å². The third-order valence-corrected chi connectivity index (χ3v) is 2.26. The van der Waals surface area contributed by atoms with Crippen LogP contribution in [0.15, 0.2) is 30.3 Å². The van der Waals surface area contributed by atoms with Gasteiger partial charge in [0.2, 0.25) is 6.10 Å². The van der Waals surface area contributed by atoms with Crippen LogP contribution in [0.25, 0.3) is 0 Å². The van der Waals surface area contributed by atoms with Gasteiger partial charge in [0.05, 0.1) is 10.9 Å². The molecule has 0 saturated heterocycles. The Balaban J connectivity index is 2.67. The molecule has 1 unspecified atom stereocenters. The van der Waals surface area contributed by atoms with Gasteiger partial charge in [0.1, 0.15) is 0 Å². The molecule has 0 amide bonds. The van der Waals surface area contributed by atoms with Crippen LogP contribution in [0, 0.1) is 0 Å². The maximum atomic E-state index is 11.4. The third-order valence-electron chi connectivity index (χ3n) is 1.67. The monoisotopic (exact) mass is 272 g/mol. The second kappa shape index (κ2) is 5.50. The Morgan fingerprint density at radius 1 is 1.33 bits per heavy atom. The van der Waals surface area contributed by atoms with Gasteiger partial charge in [-0.1, -0.05) is 34.1 Å². The molecule has 4 nitrogen and oxygen atoms in total. The molecule has 0 fully saturated rings. The molecule has 80 valence electrons. The smallest absolute Gasteiger partial charge is 0.345 e. The molecule has 0 aromatic heterocycles. The summed E-state index contributed by atoms with van der Waals surface area (Å²) in [6.07, 6.45) is -1.15. The lowest BCUT2D eigenvalue weighted by atomic mass is 10.2. The largest absolute Gasteiger partial charge is 0.478 e. The molecule has 0 heterocycles. The Kier molecular flexibility index (Phi) is 4.30. The van der Waals surface area contributed by atoms with Crippen molar-refractivity contribution in [3.8, 4) is 0 Å². The highest BCUT2D eigenvalue weighted by Gasteiger charge is 2.21. The van der Waals surface area contributed by atoms with E-state index >= 15 is 0 Å². The predicted molar refractivity (Wildman–Crippen MR) is 57.1 cm³/mol. The summed E-state index contributed by atoms with van der Waals surface area (Å²) in [6, 6.07) is 8.25. The lowest BCUT2D eigenvalue weighted by Crippen LogP contribution is -2.28. The number of hydrogen-bond acceptors (Lipinski definition) is 3. The average Bonchev–Trinajstić information content (AvgIpc) is 2.26. The molecule has 1 aromatic carbocycles. The molecule has 1 aromatic rings. The first-order valence-electron chi connectivity index (χ1n) is 4.20. The summed E-state index contributed by atoms with van der Waals surface area (Å²) in [7, 11) is 0. The van der Waals surface area contributed by atoms with Crippen molar-refractivity contribution in [2.45, 2.75) is 6.10 Å². The minimum atomic E-state index is -1.17. The molecule has 1 atom stereocenters. The first-order chi connectivity index (χ1) is 7.15. The van der Waals surface area contributed by atoms with Crippen molar-refractivity contribution in [3.63, 3.8) is 0 Å². The van der Waals surface area contributed by atoms with Crippen LogP contribution in [0.4, 0.5) is 0 Å². The number of benzene rings is 1. The van der Waals surface area contributed by atoms with E-state index < -0.39 is 18.0 Å². The van der Waals surface area contributed by atoms with Crippen LogP contribution in [0.5, 0.6) is 0 Å². The van der Waals surface area contributed by atoms with Crippen molar-refractivity contribution >= 4 is 27.9 Å². The van der Waals surface area contributed by atoms with Crippen LogP contribution in [0.2, 0.25) is 0 Å². The van der Waals surface area contributed by atoms with Gasteiger partial charge in [0.15, 0.2) is 0 Å². The Bertz CT molecular complexity index is 350. The zero-order valence-corrected chi connectivity index (χ0v) is 9.31. The number of rotatable bonds is 4. The molecule has 15 heavy (non-hydrogen) atoms. The first kappa shape index (κ1) is 11.7. The maximum absolute atomic E-state index is 11.4. The van der Waals surface area contributed by atoms with E-state index in [1.807, 2.05) is 0 Å². The quantitative estimate of drug-likeness (QED) is 0.669. The molecule has 0 radical (unpaired) electrons. The summed E-state index contributed by atoms with van der Waals surface area (Å²) in [5.74, 6) is -1.81. The van der Waals surface area contributed by atoms with Gasteiger partial charge in [0, 0.05) is 0 Å². The number of aliphatic carboxylic acids is 1. The van der Waals surface area contributed by atoms with E-state index in [1.54, 1.807) is 30.3 Å². The zero-order chi connectivity index (χ0) is 11.3. The molecular weight excluding hydrogens is 264 g/mol. The lowest BCUT2D eigenvalue weighted by Gasteiger charge is -2.10. The van der Waals surface area contributed by atoms with Gasteiger partial charge < -0.3 is 9.84 Å². The molecule has 0 saturated carbocycles. The van der Waals surface area contributed by atoms with Crippen molar-refractivity contribution in [1.29, 1.82) is 0 Å². The number of hydrogen-bond donors (Lipinski definition) is 1. The Labute approximate surface area is 95.0 Å². The van der Waals surface area contributed by atoms with E-state index in [-0.39, 0.29) is 5.33 Å². The number of esters is 1. The summed E-state index contributed by atoms with van der Waals surface area (Å²) in [6.45, 7) is 0. The lowest BCUT2D eigenvalue weighted by molar-refractivity contribution is -0.145. The number of ether oxygens (including phenoxy) is 1. The van der Waals surface area contributed by atoms with Gasteiger partial charge in [-0.3, -0.25) is 0 Å². The molecule has 0 aliphatic carbocycles. The minimum Gasteiger partial charge on any atom is -0.478 e. The van der Waals surface area contributed by atoms with Gasteiger partial charge >= 0.3 is 11.9 Å². The maximum Gasteiger partial charge on any atom is 0.345 e. The highest BCUT2D eigenvalue weighted by Crippen LogP contribution is 2.05. The molecule has 0 bridgehead atoms. The molecule has 0 aliphatic rings. The van der Waals surface area contributed by atoms with Crippen LogP contribution in [-0.2, 0) is 9.53 Å². The van der Waals surface area contributed by atoms with Gasteiger partial charge in [-0.25, -0.2) is 9.59 Å². The highest BCUT2D eigenvalue weighted by molar-refractivity contribution is 9.09. The summed E-state index contributed by atoms with van der Waals surface area (Å²) in [5.41, 5.74) is 0.338. The topological polar surface area (TPSA) is 63.6 Å². The molecular formula is C10H9BrO4. The van der Waals surface area contributed by atoms with Crippen molar-refractivity contribution in [3.05, 3.63) is 35.9 Å². The number of carbonyl (C=O) groups is 2. The molecule has 1 rings (SSSR count). The number of carboxylic acid groups (broad SMARTS) is 1. The van der Waals surface area contributed by atoms with Gasteiger partial charge in [-0.15, -0.1) is 0 Å². The van der Waals surface area contributed by atoms with Gasteiger partial charge in [0.25, 0.3) is 0 Å². The summed E-state index contributed by atoms with van der Waals surface area (Å²) in [4.78, 5) is 22.0. The SMILES string of the molecule is O=C(OC(CBr)C(=O)O)c1ccccc1. The fourth-order valence-electron chi connectivity index (χ4n) is 0.919. The first-order valence-corrected chi connectivity index (χ1v) is 5.32. The summed E-state index contributed by atoms with van der Waals surface area (Å²) >= 11 is 2.96. The average molecular weight is 273 g/mol. The second-order valence-electron chi connectivity index (χ2n) is 2.75. The molecule has 5 heteroatoms. The normalized spacial score (nSPS) is 11.8. The molecule has 0 spiro atoms. The van der Waals surface area contributed by atoms with Crippen molar-refractivity contribution < 1.29 is 19.4 Å². The third kappa shape index (κ3) is 3.36. The second-order valence-corrected chi connectivity index (χ2v) is 3.40. The standard InChI is InChI=1S/C10H9BrO4/c11-6-8(9(12)13)15-10(14)7-4-2-1-3-5-7/h1-5,8H,6H2,(H,12,13). The number of halogens is 1. The van der Waals surface area contributed by atoms with Crippen LogP contribution in [0.3, 0.4) is 0 Å². The van der Waals surface area contributed by atoms with Crippen molar-refractivity contribution in [2.24, 2.45) is 0 Å². The van der Waals surface area contributed by atoms with Gasteiger partial charge in [-0.05, 0) is 12.1 Å². The molecule has 0 aliphatic heterocycles. The van der Waals surface area contributed by atoms with Crippen LogP contribution >= 0.6 is 15.9 Å². The van der Waals surface area contributed by atoms with E-state index in [9.17, 15) is 9.59 Å². The Hall–Kier alpha value is -1.36. The minimum absolute atomic E-state index is 0.0703. The van der Waals surface area contributed by atoms with E-state index in [0.717, 1.165) is 0 Å². The number of carbonyl (C=O) groups excluding carboxylic acids is 1. The number of alkyl halides is 1. The van der Waals surface area contributed by atoms with E-state index in [4.69, 9.17) is 9.84 Å². The van der Waals surface area contributed by atoms with Crippen LogP contribution < -0.4 is 0 Å². The van der Waals surface area contributed by atoms with Crippen LogP contribution in [-0.4, -0.2) is 28.5 Å². The Morgan fingerprint density at radius 2 is 1.93 bits per heavy atom. The summed E-state index contributed by atoms with van der Waals surface area (Å²) < 4.78 is 4.76. The van der Waals surface area contributed by atoms with Gasteiger partial charge in [-0.2, -0.15) is 0 Å². The zero-order valence-electron chi connectivity index (χ0n) is 7.72. The van der Waals surface area contributed by atoms with Crippen molar-refractivity contribution in [2.75, 3.05) is 5.33 Å². The number of carboxylic acids is 1. The predicted octanol–water partition coefficient (Wildman–Crippen LogP) is 1.69.